The van der Waals surface area contributed by atoms with E-state index in [0.29, 0.717) is 6.61 Å². The second kappa shape index (κ2) is 5.63. The van der Waals surface area contributed by atoms with Crippen LogP contribution in [0.3, 0.4) is 0 Å². The Morgan fingerprint density at radius 2 is 2.07 bits per heavy atom. The third-order valence-corrected chi connectivity index (χ3v) is 2.30. The fourth-order valence-corrected chi connectivity index (χ4v) is 1.41. The lowest BCUT2D eigenvalue weighted by Crippen LogP contribution is -2.36. The molecule has 0 unspecified atom stereocenters. The zero-order valence-corrected chi connectivity index (χ0v) is 8.30. The van der Waals surface area contributed by atoms with Crippen LogP contribution in [0.2, 0.25) is 0 Å². The van der Waals surface area contributed by atoms with Crippen molar-refractivity contribution in [1.29, 1.82) is 0 Å². The van der Waals surface area contributed by atoms with Crippen LogP contribution in [-0.4, -0.2) is 53.1 Å². The summed E-state index contributed by atoms with van der Waals surface area (Å²) in [7, 11) is 0. The molecule has 84 valence electrons. The molecule has 1 heterocycles. The molecule has 1 rings (SSSR count). The van der Waals surface area contributed by atoms with Gasteiger partial charge in [-0.15, -0.1) is 0 Å². The van der Waals surface area contributed by atoms with Crippen molar-refractivity contribution in [3.05, 3.63) is 0 Å². The SMILES string of the molecule is CCCCO[C@@H]1[C@H](O)[C@@H](CO)O[C@@H]1O. The predicted octanol–water partition coefficient (Wildman–Crippen LogP) is -0.758. The Hall–Kier alpha value is -0.200. The van der Waals surface area contributed by atoms with Gasteiger partial charge in [0, 0.05) is 6.61 Å². The molecule has 0 saturated carbocycles. The molecule has 1 aliphatic heterocycles. The van der Waals surface area contributed by atoms with Crippen molar-refractivity contribution in [1.82, 2.24) is 0 Å². The van der Waals surface area contributed by atoms with Gasteiger partial charge in [-0.3, -0.25) is 0 Å². The molecular weight excluding hydrogens is 188 g/mol. The summed E-state index contributed by atoms with van der Waals surface area (Å²) in [6.07, 6.45) is -1.70. The van der Waals surface area contributed by atoms with Crippen LogP contribution in [0.4, 0.5) is 0 Å². The Kier molecular flexibility index (Phi) is 4.77. The van der Waals surface area contributed by atoms with Crippen molar-refractivity contribution in [2.75, 3.05) is 13.2 Å². The van der Waals surface area contributed by atoms with Crippen LogP contribution in [0.5, 0.6) is 0 Å². The molecule has 14 heavy (non-hydrogen) atoms. The molecule has 5 heteroatoms. The maximum Gasteiger partial charge on any atom is 0.184 e. The third-order valence-electron chi connectivity index (χ3n) is 2.30. The number of unbranched alkanes of at least 4 members (excludes halogenated alkanes) is 1. The van der Waals surface area contributed by atoms with E-state index in [1.54, 1.807) is 0 Å². The molecule has 0 spiro atoms. The highest BCUT2D eigenvalue weighted by Crippen LogP contribution is 2.22. The highest BCUT2D eigenvalue weighted by molar-refractivity contribution is 4.86. The maximum absolute atomic E-state index is 9.55. The number of hydrogen-bond donors (Lipinski definition) is 3. The molecule has 3 N–H and O–H groups in total. The summed E-state index contributed by atoms with van der Waals surface area (Å²) in [5.74, 6) is 0. The number of ether oxygens (including phenoxy) is 2. The molecule has 5 nitrogen and oxygen atoms in total. The van der Waals surface area contributed by atoms with Crippen molar-refractivity contribution in [2.24, 2.45) is 0 Å². The van der Waals surface area contributed by atoms with Gasteiger partial charge in [0.1, 0.15) is 18.3 Å². The lowest BCUT2D eigenvalue weighted by atomic mass is 10.1. The number of hydrogen-bond acceptors (Lipinski definition) is 5. The van der Waals surface area contributed by atoms with Crippen LogP contribution in [-0.2, 0) is 9.47 Å². The first kappa shape index (κ1) is 11.9. The number of rotatable bonds is 5. The summed E-state index contributed by atoms with van der Waals surface area (Å²) < 4.78 is 10.2. The minimum absolute atomic E-state index is 0.314. The average molecular weight is 206 g/mol. The standard InChI is InChI=1S/C9H18O5/c1-2-3-4-13-8-7(11)6(5-10)14-9(8)12/h6-12H,2-5H2,1H3/t6-,7-,8-,9+/m1/s1. The van der Waals surface area contributed by atoms with Gasteiger partial charge in [-0.25, -0.2) is 0 Å². The monoisotopic (exact) mass is 206 g/mol. The van der Waals surface area contributed by atoms with Gasteiger partial charge in [0.2, 0.25) is 0 Å². The molecule has 0 amide bonds. The first-order valence-electron chi connectivity index (χ1n) is 4.94. The van der Waals surface area contributed by atoms with E-state index in [-0.39, 0.29) is 6.61 Å². The molecule has 1 fully saturated rings. The Morgan fingerprint density at radius 3 is 2.57 bits per heavy atom. The molecule has 0 bridgehead atoms. The molecular formula is C9H18O5. The van der Waals surface area contributed by atoms with E-state index >= 15 is 0 Å². The third kappa shape index (κ3) is 2.65. The first-order valence-corrected chi connectivity index (χ1v) is 4.94. The zero-order chi connectivity index (χ0) is 10.6. The minimum atomic E-state index is -1.14. The fourth-order valence-electron chi connectivity index (χ4n) is 1.41. The van der Waals surface area contributed by atoms with E-state index in [1.807, 2.05) is 6.92 Å². The summed E-state index contributed by atoms with van der Waals surface area (Å²) in [4.78, 5) is 0. The van der Waals surface area contributed by atoms with Gasteiger partial charge in [-0.05, 0) is 6.42 Å². The van der Waals surface area contributed by atoms with E-state index in [2.05, 4.69) is 0 Å². The summed E-state index contributed by atoms with van der Waals surface area (Å²) in [5, 5.41) is 27.7. The largest absolute Gasteiger partial charge is 0.394 e. The van der Waals surface area contributed by atoms with Gasteiger partial charge in [-0.2, -0.15) is 0 Å². The van der Waals surface area contributed by atoms with E-state index in [0.717, 1.165) is 12.8 Å². The quantitative estimate of drug-likeness (QED) is 0.515. The number of aliphatic hydroxyl groups is 3. The molecule has 0 aromatic heterocycles. The second-order valence-corrected chi connectivity index (χ2v) is 3.43. The Morgan fingerprint density at radius 1 is 1.36 bits per heavy atom. The smallest absolute Gasteiger partial charge is 0.184 e. The summed E-state index contributed by atoms with van der Waals surface area (Å²) in [6.45, 7) is 2.19. The summed E-state index contributed by atoms with van der Waals surface area (Å²) >= 11 is 0. The molecule has 4 atom stereocenters. The summed E-state index contributed by atoms with van der Waals surface area (Å²) in [5.41, 5.74) is 0. The van der Waals surface area contributed by atoms with Crippen LogP contribution in [0, 0.1) is 0 Å². The lowest BCUT2D eigenvalue weighted by molar-refractivity contribution is -0.147. The van der Waals surface area contributed by atoms with Crippen molar-refractivity contribution in [3.63, 3.8) is 0 Å². The van der Waals surface area contributed by atoms with Crippen molar-refractivity contribution < 1.29 is 24.8 Å². The average Bonchev–Trinajstić information content (AvgIpc) is 2.45. The number of aliphatic hydroxyl groups excluding tert-OH is 3. The van der Waals surface area contributed by atoms with Gasteiger partial charge in [0.15, 0.2) is 6.29 Å². The van der Waals surface area contributed by atoms with Crippen molar-refractivity contribution in [2.45, 2.75) is 44.4 Å². The minimum Gasteiger partial charge on any atom is -0.394 e. The van der Waals surface area contributed by atoms with Crippen LogP contribution < -0.4 is 0 Å². The molecule has 1 saturated heterocycles. The van der Waals surface area contributed by atoms with Gasteiger partial charge >= 0.3 is 0 Å². The second-order valence-electron chi connectivity index (χ2n) is 3.43. The molecule has 0 aromatic carbocycles. The van der Waals surface area contributed by atoms with E-state index in [4.69, 9.17) is 14.6 Å². The van der Waals surface area contributed by atoms with Gasteiger partial charge in [0.05, 0.1) is 6.61 Å². The molecule has 0 radical (unpaired) electrons. The highest BCUT2D eigenvalue weighted by atomic mass is 16.7. The van der Waals surface area contributed by atoms with Crippen molar-refractivity contribution >= 4 is 0 Å². The Bertz CT molecular complexity index is 163. The molecule has 0 aliphatic carbocycles. The van der Waals surface area contributed by atoms with Gasteiger partial charge in [0.25, 0.3) is 0 Å². The van der Waals surface area contributed by atoms with Crippen LogP contribution >= 0.6 is 0 Å². The van der Waals surface area contributed by atoms with E-state index in [9.17, 15) is 10.2 Å². The first-order chi connectivity index (χ1) is 6.70. The van der Waals surface area contributed by atoms with Crippen LogP contribution in [0.25, 0.3) is 0 Å². The highest BCUT2D eigenvalue weighted by Gasteiger charge is 2.43. The Balaban J connectivity index is 2.36. The normalized spacial score (nSPS) is 37.7. The summed E-state index contributed by atoms with van der Waals surface area (Å²) in [6, 6.07) is 0. The maximum atomic E-state index is 9.55. The zero-order valence-electron chi connectivity index (χ0n) is 8.30. The lowest BCUT2D eigenvalue weighted by Gasteiger charge is -2.17. The fraction of sp³-hybridized carbons (Fsp3) is 1.00. The topological polar surface area (TPSA) is 79.2 Å². The Labute approximate surface area is 83.3 Å². The van der Waals surface area contributed by atoms with Crippen molar-refractivity contribution in [3.8, 4) is 0 Å². The predicted molar refractivity (Wildman–Crippen MR) is 48.6 cm³/mol. The van der Waals surface area contributed by atoms with Gasteiger partial charge in [-0.1, -0.05) is 13.3 Å². The van der Waals surface area contributed by atoms with Crippen LogP contribution in [0.1, 0.15) is 19.8 Å². The molecule has 0 aromatic rings. The van der Waals surface area contributed by atoms with Crippen LogP contribution in [0.15, 0.2) is 0 Å². The van der Waals surface area contributed by atoms with Gasteiger partial charge < -0.3 is 24.8 Å². The van der Waals surface area contributed by atoms with E-state index < -0.39 is 24.6 Å². The molecule has 1 aliphatic rings. The van der Waals surface area contributed by atoms with E-state index in [1.165, 1.54) is 0 Å².